The van der Waals surface area contributed by atoms with Gasteiger partial charge in [-0.3, -0.25) is 14.4 Å². The third kappa shape index (κ3) is 6.51. The van der Waals surface area contributed by atoms with Gasteiger partial charge in [-0.05, 0) is 25.0 Å². The predicted molar refractivity (Wildman–Crippen MR) is 113 cm³/mol. The number of aliphatic hydroxyl groups excluding tert-OH is 2. The summed E-state index contributed by atoms with van der Waals surface area (Å²) in [5.74, 6) is -3.84. The molecule has 1 heterocycles. The summed E-state index contributed by atoms with van der Waals surface area (Å²) in [4.78, 5) is 50.5. The smallest absolute Gasteiger partial charge is 0.328 e. The van der Waals surface area contributed by atoms with E-state index in [1.54, 1.807) is 6.20 Å². The minimum Gasteiger partial charge on any atom is -0.480 e. The van der Waals surface area contributed by atoms with Gasteiger partial charge in [-0.2, -0.15) is 0 Å². The predicted octanol–water partition coefficient (Wildman–Crippen LogP) is -2.42. The number of carbonyl (C=O) groups excluding carboxylic acids is 3. The second kappa shape index (κ2) is 11.2. The Morgan fingerprint density at radius 1 is 1.12 bits per heavy atom. The van der Waals surface area contributed by atoms with Gasteiger partial charge in [0.15, 0.2) is 0 Å². The Labute approximate surface area is 183 Å². The maximum atomic E-state index is 12.5. The van der Waals surface area contributed by atoms with E-state index in [1.807, 2.05) is 29.6 Å². The number of aliphatic carboxylic acids is 1. The van der Waals surface area contributed by atoms with Crippen molar-refractivity contribution in [2.75, 3.05) is 13.2 Å². The van der Waals surface area contributed by atoms with Gasteiger partial charge >= 0.3 is 5.97 Å². The molecule has 1 aromatic heterocycles. The largest absolute Gasteiger partial charge is 0.480 e. The van der Waals surface area contributed by atoms with Crippen LogP contribution >= 0.6 is 0 Å². The molecule has 0 fully saturated rings. The van der Waals surface area contributed by atoms with Crippen LogP contribution in [0.3, 0.4) is 0 Å². The fourth-order valence-corrected chi connectivity index (χ4v) is 3.00. The molecular weight excluding hydrogens is 422 g/mol. The molecule has 0 spiro atoms. The van der Waals surface area contributed by atoms with Crippen molar-refractivity contribution >= 4 is 34.6 Å². The zero-order chi connectivity index (χ0) is 23.8. The minimum absolute atomic E-state index is 0.185. The molecule has 0 aliphatic carbocycles. The van der Waals surface area contributed by atoms with Gasteiger partial charge in [-0.15, -0.1) is 0 Å². The monoisotopic (exact) mass is 449 g/mol. The summed E-state index contributed by atoms with van der Waals surface area (Å²) < 4.78 is 0. The first-order chi connectivity index (χ1) is 15.1. The Morgan fingerprint density at radius 3 is 2.44 bits per heavy atom. The molecule has 174 valence electrons. The maximum Gasteiger partial charge on any atom is 0.328 e. The molecule has 0 radical (unpaired) electrons. The number of benzene rings is 1. The van der Waals surface area contributed by atoms with Crippen LogP contribution in [-0.2, 0) is 25.6 Å². The summed E-state index contributed by atoms with van der Waals surface area (Å²) in [6.45, 7) is -0.166. The van der Waals surface area contributed by atoms with Crippen molar-refractivity contribution in [3.05, 3.63) is 36.0 Å². The van der Waals surface area contributed by atoms with Crippen LogP contribution in [0.5, 0.6) is 0 Å². The highest BCUT2D eigenvalue weighted by molar-refractivity contribution is 5.93. The summed E-state index contributed by atoms with van der Waals surface area (Å²) in [5, 5.41) is 35.1. The van der Waals surface area contributed by atoms with Crippen molar-refractivity contribution in [2.45, 2.75) is 37.6 Å². The Kier molecular flexibility index (Phi) is 8.70. The number of carbonyl (C=O) groups is 4. The van der Waals surface area contributed by atoms with Crippen LogP contribution < -0.4 is 21.7 Å². The molecule has 0 bridgehead atoms. The lowest BCUT2D eigenvalue weighted by molar-refractivity contribution is -0.142. The average molecular weight is 449 g/mol. The number of amides is 3. The zero-order valence-corrected chi connectivity index (χ0v) is 17.4. The molecule has 9 N–H and O–H groups in total. The molecule has 0 saturated heterocycles. The molecule has 2 rings (SSSR count). The topological polar surface area (TPSA) is 207 Å². The SMILES string of the molecule is CC(O)C(NC(=O)C(N)Cc1c[nH]c2ccccc12)C(=O)NCC(=O)NC(CO)C(=O)O. The van der Waals surface area contributed by atoms with E-state index in [4.69, 9.17) is 15.9 Å². The van der Waals surface area contributed by atoms with Crippen molar-refractivity contribution in [2.24, 2.45) is 5.73 Å². The Bertz CT molecular complexity index is 974. The number of carboxylic acid groups (broad SMARTS) is 1. The Hall–Kier alpha value is -3.48. The van der Waals surface area contributed by atoms with Gasteiger partial charge in [0, 0.05) is 17.1 Å². The summed E-state index contributed by atoms with van der Waals surface area (Å²) in [6.07, 6.45) is 0.627. The summed E-state index contributed by atoms with van der Waals surface area (Å²) in [6, 6.07) is 3.57. The number of hydrogen-bond donors (Lipinski definition) is 8. The average Bonchev–Trinajstić information content (AvgIpc) is 3.16. The molecule has 32 heavy (non-hydrogen) atoms. The van der Waals surface area contributed by atoms with E-state index in [1.165, 1.54) is 6.92 Å². The molecule has 0 saturated carbocycles. The maximum absolute atomic E-state index is 12.5. The Balaban J connectivity index is 1.93. The van der Waals surface area contributed by atoms with Crippen molar-refractivity contribution in [1.29, 1.82) is 0 Å². The van der Waals surface area contributed by atoms with E-state index in [-0.39, 0.29) is 6.42 Å². The van der Waals surface area contributed by atoms with Crippen LogP contribution in [-0.4, -0.2) is 81.4 Å². The first-order valence-electron chi connectivity index (χ1n) is 9.83. The van der Waals surface area contributed by atoms with Gasteiger partial charge in [-0.25, -0.2) is 4.79 Å². The number of aromatic nitrogens is 1. The van der Waals surface area contributed by atoms with Gasteiger partial charge in [0.2, 0.25) is 17.7 Å². The van der Waals surface area contributed by atoms with Crippen molar-refractivity contribution < 1.29 is 34.5 Å². The molecule has 4 atom stereocenters. The highest BCUT2D eigenvalue weighted by Crippen LogP contribution is 2.18. The Morgan fingerprint density at radius 2 is 1.81 bits per heavy atom. The van der Waals surface area contributed by atoms with Crippen LogP contribution in [0.4, 0.5) is 0 Å². The molecule has 1 aromatic carbocycles. The van der Waals surface area contributed by atoms with Crippen molar-refractivity contribution in [1.82, 2.24) is 20.9 Å². The number of nitrogens with two attached hydrogens (primary N) is 1. The number of aromatic amines is 1. The van der Waals surface area contributed by atoms with Crippen molar-refractivity contribution in [3.63, 3.8) is 0 Å². The van der Waals surface area contributed by atoms with E-state index in [2.05, 4.69) is 15.6 Å². The standard InChI is InChI=1S/C20H27N5O7/c1-10(27)17(19(30)23-8-16(28)24-15(9-26)20(31)32)25-18(29)13(21)6-11-7-22-14-5-3-2-4-12(11)14/h2-5,7,10,13,15,17,22,26-27H,6,8-9,21H2,1H3,(H,23,30)(H,24,28)(H,25,29)(H,31,32). The quantitative estimate of drug-likeness (QED) is 0.185. The lowest BCUT2D eigenvalue weighted by Gasteiger charge is -2.23. The third-order valence-corrected chi connectivity index (χ3v) is 4.75. The minimum atomic E-state index is -1.52. The lowest BCUT2D eigenvalue weighted by atomic mass is 10.0. The van der Waals surface area contributed by atoms with Gasteiger partial charge in [0.05, 0.1) is 25.3 Å². The molecule has 0 aliphatic heterocycles. The number of aliphatic hydroxyl groups is 2. The number of carboxylic acids is 1. The van der Waals surface area contributed by atoms with Crippen LogP contribution in [0.25, 0.3) is 10.9 Å². The van der Waals surface area contributed by atoms with Gasteiger partial charge in [0.1, 0.15) is 12.1 Å². The number of rotatable bonds is 11. The number of H-pyrrole nitrogens is 1. The highest BCUT2D eigenvalue weighted by Gasteiger charge is 2.28. The molecule has 12 nitrogen and oxygen atoms in total. The van der Waals surface area contributed by atoms with E-state index >= 15 is 0 Å². The van der Waals surface area contributed by atoms with Gasteiger partial charge < -0.3 is 42.0 Å². The van der Waals surface area contributed by atoms with Gasteiger partial charge in [-0.1, -0.05) is 18.2 Å². The van der Waals surface area contributed by atoms with E-state index in [0.29, 0.717) is 0 Å². The summed E-state index contributed by atoms with van der Waals surface area (Å²) in [5.41, 5.74) is 7.69. The lowest BCUT2D eigenvalue weighted by Crippen LogP contribution is -2.57. The summed E-state index contributed by atoms with van der Waals surface area (Å²) in [7, 11) is 0. The third-order valence-electron chi connectivity index (χ3n) is 4.75. The second-order valence-electron chi connectivity index (χ2n) is 7.26. The first-order valence-corrected chi connectivity index (χ1v) is 9.83. The fraction of sp³-hybridized carbons (Fsp3) is 0.400. The number of hydrogen-bond acceptors (Lipinski definition) is 7. The second-order valence-corrected chi connectivity index (χ2v) is 7.26. The molecule has 0 aliphatic rings. The molecule has 4 unspecified atom stereocenters. The zero-order valence-electron chi connectivity index (χ0n) is 17.4. The number of para-hydroxylation sites is 1. The van der Waals surface area contributed by atoms with E-state index in [0.717, 1.165) is 16.5 Å². The van der Waals surface area contributed by atoms with E-state index in [9.17, 15) is 24.3 Å². The van der Waals surface area contributed by atoms with Gasteiger partial charge in [0.25, 0.3) is 0 Å². The molecule has 12 heteroatoms. The van der Waals surface area contributed by atoms with Crippen LogP contribution in [0.15, 0.2) is 30.5 Å². The van der Waals surface area contributed by atoms with Crippen LogP contribution in [0, 0.1) is 0 Å². The van der Waals surface area contributed by atoms with Crippen LogP contribution in [0.1, 0.15) is 12.5 Å². The highest BCUT2D eigenvalue weighted by atomic mass is 16.4. The van der Waals surface area contributed by atoms with Crippen molar-refractivity contribution in [3.8, 4) is 0 Å². The van der Waals surface area contributed by atoms with E-state index < -0.39 is 61.1 Å². The normalized spacial score (nSPS) is 14.8. The molecule has 2 aromatic rings. The fourth-order valence-electron chi connectivity index (χ4n) is 3.00. The number of fused-ring (bicyclic) bond motifs is 1. The summed E-state index contributed by atoms with van der Waals surface area (Å²) >= 11 is 0. The molecule has 3 amide bonds. The first kappa shape index (κ1) is 24.8. The molecular formula is C20H27N5O7. The number of nitrogens with one attached hydrogen (secondary N) is 4. The van der Waals surface area contributed by atoms with Crippen LogP contribution in [0.2, 0.25) is 0 Å².